The van der Waals surface area contributed by atoms with Crippen LogP contribution in [0.25, 0.3) is 22.0 Å². The fourth-order valence-corrected chi connectivity index (χ4v) is 12.2. The number of aryl methyl sites for hydroxylation is 1. The van der Waals surface area contributed by atoms with Crippen LogP contribution in [0.15, 0.2) is 79.0 Å². The van der Waals surface area contributed by atoms with Gasteiger partial charge in [-0.05, 0) is 105 Å². The van der Waals surface area contributed by atoms with Crippen molar-refractivity contribution in [2.45, 2.75) is 88.2 Å². The fraction of sp³-hybridized carbons (Fsp3) is 0.436. The van der Waals surface area contributed by atoms with Crippen LogP contribution in [0, 0.1) is 23.5 Å². The molecule has 17 heteroatoms. The Balaban J connectivity index is 0.748. The molecule has 3 saturated heterocycles. The average Bonchev–Trinajstić information content (AvgIpc) is 3.87. The molecule has 1 saturated carbocycles. The molecule has 5 amide bonds. The predicted molar refractivity (Wildman–Crippen MR) is 271 cm³/mol. The molecule has 0 spiro atoms. The summed E-state index contributed by atoms with van der Waals surface area (Å²) in [6.45, 7) is 5.92. The van der Waals surface area contributed by atoms with Gasteiger partial charge in [0.1, 0.15) is 11.6 Å². The Bertz CT molecular complexity index is 2950. The van der Waals surface area contributed by atoms with E-state index in [-0.39, 0.29) is 63.4 Å². The van der Waals surface area contributed by atoms with E-state index in [1.165, 1.54) is 35.8 Å². The molecule has 5 heterocycles. The molecule has 378 valence electrons. The zero-order valence-corrected chi connectivity index (χ0v) is 41.7. The molecule has 4 fully saturated rings. The number of fused-ring (bicyclic) bond motifs is 2. The van der Waals surface area contributed by atoms with Crippen molar-refractivity contribution in [3.63, 3.8) is 0 Å². The summed E-state index contributed by atoms with van der Waals surface area (Å²) >= 11 is 6.71. The number of hydrogen-bond acceptors (Lipinski definition) is 9. The maximum absolute atomic E-state index is 16.3. The molecule has 0 radical (unpaired) electrons. The number of halogens is 3. The van der Waals surface area contributed by atoms with Crippen LogP contribution in [0.1, 0.15) is 104 Å². The maximum atomic E-state index is 16.3. The zero-order chi connectivity index (χ0) is 50.4. The number of amides is 5. The largest absolute Gasteiger partial charge is 0.494 e. The number of carbonyl (C=O) groups excluding carboxylic acids is 4. The van der Waals surface area contributed by atoms with Gasteiger partial charge in [0, 0.05) is 98.8 Å². The lowest BCUT2D eigenvalue weighted by atomic mass is 9.77. The summed E-state index contributed by atoms with van der Waals surface area (Å²) in [6.07, 6.45) is 11.9. The van der Waals surface area contributed by atoms with Gasteiger partial charge in [-0.25, -0.2) is 13.6 Å². The van der Waals surface area contributed by atoms with Gasteiger partial charge < -0.3 is 30.3 Å². The first kappa shape index (κ1) is 49.1. The highest BCUT2D eigenvalue weighted by atomic mass is 35.5. The number of methoxy groups -OCH3 is 1. The minimum absolute atomic E-state index is 0.00189. The minimum atomic E-state index is -1.07. The number of anilines is 1. The van der Waals surface area contributed by atoms with Crippen molar-refractivity contribution in [2.75, 3.05) is 51.3 Å². The van der Waals surface area contributed by atoms with Crippen LogP contribution in [-0.2, 0) is 22.2 Å². The number of imide groups is 1. The van der Waals surface area contributed by atoms with E-state index in [0.717, 1.165) is 87.5 Å². The lowest BCUT2D eigenvalue weighted by Crippen LogP contribution is -2.49. The second-order valence-electron chi connectivity index (χ2n) is 20.2. The van der Waals surface area contributed by atoms with E-state index < -0.39 is 35.1 Å². The molecule has 1 unspecified atom stereocenters. The molecule has 14 nitrogen and oxygen atoms in total. The number of ether oxygens (including phenoxy) is 2. The predicted octanol–water partition coefficient (Wildman–Crippen LogP) is 8.90. The van der Waals surface area contributed by atoms with Gasteiger partial charge in [0.25, 0.3) is 0 Å². The SMILES string of the molecule is COc1ccc(C(N)=O)c(-c2c(Cl)c(F)cc3c2[C@H](C)[C@@](CNC2CCC(C(=O)N4CCCC(/C=C/N5CCC(c6ccc7c(N8CCC(=O)NC8=O)nn(C)c7c6)CC5)C4)CC2)(c2ccccc2)O3)c1F. The highest BCUT2D eigenvalue weighted by Gasteiger charge is 2.50. The summed E-state index contributed by atoms with van der Waals surface area (Å²) in [5.41, 5.74) is 7.77. The first-order valence-electron chi connectivity index (χ1n) is 25.2. The fourth-order valence-electron chi connectivity index (χ4n) is 11.9. The van der Waals surface area contributed by atoms with E-state index in [2.05, 4.69) is 49.9 Å². The number of likely N-dealkylation sites (tertiary alicyclic amines) is 2. The molecule has 72 heavy (non-hydrogen) atoms. The molecule has 5 aliphatic rings. The molecular formula is C55H61ClF2N8O6. The van der Waals surface area contributed by atoms with Crippen molar-refractivity contribution < 1.29 is 37.4 Å². The van der Waals surface area contributed by atoms with E-state index >= 15 is 8.78 Å². The van der Waals surface area contributed by atoms with Crippen LogP contribution in [-0.4, -0.2) is 95.8 Å². The molecule has 10 rings (SSSR count). The Morgan fingerprint density at radius 2 is 1.74 bits per heavy atom. The van der Waals surface area contributed by atoms with Gasteiger partial charge in [-0.1, -0.05) is 61.0 Å². The molecule has 0 bridgehead atoms. The van der Waals surface area contributed by atoms with Crippen molar-refractivity contribution in [3.05, 3.63) is 118 Å². The number of hydrogen-bond donors (Lipinski definition) is 3. The topological polar surface area (TPSA) is 164 Å². The number of carbonyl (C=O) groups is 4. The number of aromatic nitrogens is 2. The third-order valence-electron chi connectivity index (χ3n) is 16.0. The molecule has 5 aromatic rings. The second kappa shape index (κ2) is 20.2. The third-order valence-corrected chi connectivity index (χ3v) is 16.4. The van der Waals surface area contributed by atoms with Gasteiger partial charge in [0.15, 0.2) is 23.0 Å². The molecule has 1 aliphatic carbocycles. The standard InChI is InChI=1S/C55H61ClF2N8O6/c1-32-46-44(29-41(57)49(56)48(46)47-40(51(59)68)17-18-43(71-3)50(47)58)72-55(32,37-9-5-4-6-10-37)31-60-38-14-11-35(12-15-38)53(69)65-23-7-8-33(30-65)19-24-64-25-20-34(21-26-64)36-13-16-39-42(28-36)63(2)62-52(39)66-27-22-45(67)61-54(66)70/h4-6,9-10,13,16-19,24,28-29,32-35,38,60H,7-8,11-12,14-15,20-23,25-27,30-31H2,1-3H3,(H2,59,68)(H,61,67,70)/b24-19+/t32-,33?,35?,38?,55-/m0/s1. The quantitative estimate of drug-likeness (QED) is 0.111. The lowest BCUT2D eigenvalue weighted by molar-refractivity contribution is -0.138. The number of primary amides is 1. The zero-order valence-electron chi connectivity index (χ0n) is 40.9. The molecule has 4 aliphatic heterocycles. The Labute approximate surface area is 422 Å². The van der Waals surface area contributed by atoms with Crippen molar-refractivity contribution in [1.29, 1.82) is 0 Å². The van der Waals surface area contributed by atoms with Crippen LogP contribution < -0.4 is 30.7 Å². The Morgan fingerprint density at radius 1 is 0.972 bits per heavy atom. The van der Waals surface area contributed by atoms with Gasteiger partial charge in [0.05, 0.1) is 23.2 Å². The van der Waals surface area contributed by atoms with Crippen molar-refractivity contribution >= 4 is 52.1 Å². The highest BCUT2D eigenvalue weighted by molar-refractivity contribution is 6.34. The first-order valence-corrected chi connectivity index (χ1v) is 25.6. The van der Waals surface area contributed by atoms with Crippen LogP contribution in [0.5, 0.6) is 11.5 Å². The summed E-state index contributed by atoms with van der Waals surface area (Å²) in [5, 5.41) is 11.3. The molecule has 1 aromatic heterocycles. The van der Waals surface area contributed by atoms with Gasteiger partial charge in [0.2, 0.25) is 17.7 Å². The summed E-state index contributed by atoms with van der Waals surface area (Å²) in [7, 11) is 3.19. The lowest BCUT2D eigenvalue weighted by Gasteiger charge is -2.38. The number of nitrogens with zero attached hydrogens (tertiary/aromatic N) is 5. The van der Waals surface area contributed by atoms with Crippen LogP contribution in [0.2, 0.25) is 5.02 Å². The van der Waals surface area contributed by atoms with E-state index in [9.17, 15) is 19.2 Å². The number of nitrogens with two attached hydrogens (primary N) is 1. The normalized spacial score (nSPS) is 23.9. The first-order chi connectivity index (χ1) is 34.7. The second-order valence-corrected chi connectivity index (χ2v) is 20.5. The smallest absolute Gasteiger partial charge is 0.329 e. The van der Waals surface area contributed by atoms with Crippen molar-refractivity contribution in [3.8, 4) is 22.6 Å². The summed E-state index contributed by atoms with van der Waals surface area (Å²) in [6, 6.07) is 19.5. The van der Waals surface area contributed by atoms with E-state index in [0.29, 0.717) is 42.9 Å². The molecule has 4 N–H and O–H groups in total. The number of benzene rings is 4. The highest BCUT2D eigenvalue weighted by Crippen LogP contribution is 2.56. The Morgan fingerprint density at radius 3 is 2.46 bits per heavy atom. The number of piperidine rings is 2. The van der Waals surface area contributed by atoms with E-state index in [1.54, 1.807) is 0 Å². The van der Waals surface area contributed by atoms with Gasteiger partial charge >= 0.3 is 6.03 Å². The summed E-state index contributed by atoms with van der Waals surface area (Å²) < 4.78 is 46.0. The van der Waals surface area contributed by atoms with E-state index in [1.807, 2.05) is 55.1 Å². The number of rotatable bonds is 12. The van der Waals surface area contributed by atoms with Gasteiger partial charge in [-0.15, -0.1) is 0 Å². The van der Waals surface area contributed by atoms with Crippen molar-refractivity contribution in [1.82, 2.24) is 30.2 Å². The summed E-state index contributed by atoms with van der Waals surface area (Å²) in [4.78, 5) is 57.1. The van der Waals surface area contributed by atoms with Crippen molar-refractivity contribution in [2.24, 2.45) is 24.6 Å². The Hall–Kier alpha value is -6.52. The van der Waals surface area contributed by atoms with Crippen LogP contribution in [0.4, 0.5) is 19.4 Å². The summed E-state index contributed by atoms with van der Waals surface area (Å²) in [5.74, 6) is -1.92. The number of nitrogens with one attached hydrogen (secondary N) is 2. The molecule has 3 atom stereocenters. The maximum Gasteiger partial charge on any atom is 0.329 e. The number of urea groups is 1. The monoisotopic (exact) mass is 1000 g/mol. The molecule has 4 aromatic carbocycles. The van der Waals surface area contributed by atoms with Crippen LogP contribution in [0.3, 0.4) is 0 Å². The van der Waals surface area contributed by atoms with Gasteiger partial charge in [-0.3, -0.25) is 29.3 Å². The van der Waals surface area contributed by atoms with E-state index in [4.69, 9.17) is 26.8 Å². The molecular weight excluding hydrogens is 942 g/mol. The van der Waals surface area contributed by atoms with Gasteiger partial charge in [-0.2, -0.15) is 5.10 Å². The Kier molecular flexibility index (Phi) is 13.8. The minimum Gasteiger partial charge on any atom is -0.494 e. The van der Waals surface area contributed by atoms with Crippen LogP contribution >= 0.6 is 11.6 Å². The average molecular weight is 1000 g/mol. The third kappa shape index (κ3) is 9.16.